The lowest BCUT2D eigenvalue weighted by Crippen LogP contribution is -2.31. The lowest BCUT2D eigenvalue weighted by molar-refractivity contribution is 0.218. The van der Waals surface area contributed by atoms with Gasteiger partial charge in [-0.25, -0.2) is 4.39 Å². The van der Waals surface area contributed by atoms with E-state index in [1.807, 2.05) is 6.07 Å². The van der Waals surface area contributed by atoms with Crippen LogP contribution in [0.4, 0.5) is 4.39 Å². The molecule has 0 atom stereocenters. The number of rotatable bonds is 2. The minimum absolute atomic E-state index is 0.0208. The highest BCUT2D eigenvalue weighted by atomic mass is 19.1. The van der Waals surface area contributed by atoms with E-state index in [0.29, 0.717) is 5.92 Å². The highest BCUT2D eigenvalue weighted by molar-refractivity contribution is 5.29. The molecule has 2 heteroatoms. The van der Waals surface area contributed by atoms with Crippen molar-refractivity contribution in [3.05, 3.63) is 35.1 Å². The van der Waals surface area contributed by atoms with Gasteiger partial charge in [0.2, 0.25) is 0 Å². The monoisotopic (exact) mass is 263 g/mol. The first kappa shape index (κ1) is 14.5. The molecule has 0 N–H and O–H groups in total. The first-order chi connectivity index (χ1) is 8.86. The second-order valence-electron chi connectivity index (χ2n) is 7.01. The third-order valence-electron chi connectivity index (χ3n) is 4.27. The Morgan fingerprint density at radius 1 is 1.21 bits per heavy atom. The van der Waals surface area contributed by atoms with E-state index < -0.39 is 0 Å². The summed E-state index contributed by atoms with van der Waals surface area (Å²) in [4.78, 5) is 2.36. The summed E-state index contributed by atoms with van der Waals surface area (Å²) in [5.74, 6) is 0.623. The highest BCUT2D eigenvalue weighted by Gasteiger charge is 2.20. The Labute approximate surface area is 116 Å². The fraction of sp³-hybridized carbons (Fsp3) is 0.647. The van der Waals surface area contributed by atoms with Crippen molar-refractivity contribution >= 4 is 0 Å². The van der Waals surface area contributed by atoms with Crippen molar-refractivity contribution in [2.75, 3.05) is 20.1 Å². The van der Waals surface area contributed by atoms with Crippen LogP contribution in [0, 0.1) is 11.7 Å². The standard InChI is InChI=1S/C17H26FN/c1-17(2,3)15-6-5-14(16(18)12-15)11-13-7-9-19(4)10-8-13/h5-6,12-13H,7-11H2,1-4H3. The number of likely N-dealkylation sites (tertiary alicyclic amines) is 1. The summed E-state index contributed by atoms with van der Waals surface area (Å²) < 4.78 is 14.2. The molecule has 0 spiro atoms. The largest absolute Gasteiger partial charge is 0.306 e. The molecule has 1 aromatic rings. The van der Waals surface area contributed by atoms with Crippen LogP contribution in [0.3, 0.4) is 0 Å². The zero-order chi connectivity index (χ0) is 14.0. The van der Waals surface area contributed by atoms with Gasteiger partial charge in [-0.15, -0.1) is 0 Å². The van der Waals surface area contributed by atoms with Crippen molar-refractivity contribution in [1.82, 2.24) is 4.90 Å². The Bertz CT molecular complexity index is 425. The molecule has 1 nitrogen and oxygen atoms in total. The molecule has 0 unspecified atom stereocenters. The van der Waals surface area contributed by atoms with Crippen molar-refractivity contribution in [2.45, 2.75) is 45.4 Å². The second-order valence-corrected chi connectivity index (χ2v) is 7.01. The Morgan fingerprint density at radius 2 is 1.84 bits per heavy atom. The molecule has 0 bridgehead atoms. The van der Waals surface area contributed by atoms with Gasteiger partial charge in [0, 0.05) is 0 Å². The first-order valence-corrected chi connectivity index (χ1v) is 7.33. The Kier molecular flexibility index (Phi) is 4.29. The molecular formula is C17H26FN. The van der Waals surface area contributed by atoms with Gasteiger partial charge in [-0.2, -0.15) is 0 Å². The van der Waals surface area contributed by atoms with Gasteiger partial charge in [0.15, 0.2) is 0 Å². The molecule has 0 radical (unpaired) electrons. The highest BCUT2D eigenvalue weighted by Crippen LogP contribution is 2.27. The van der Waals surface area contributed by atoms with Gasteiger partial charge in [-0.05, 0) is 67.9 Å². The average molecular weight is 263 g/mol. The Hall–Kier alpha value is -0.890. The minimum atomic E-state index is -0.0219. The third kappa shape index (κ3) is 3.79. The summed E-state index contributed by atoms with van der Waals surface area (Å²) in [6.45, 7) is 8.66. The number of halogens is 1. The molecule has 1 saturated heterocycles. The van der Waals surface area contributed by atoms with Crippen LogP contribution in [0.2, 0.25) is 0 Å². The van der Waals surface area contributed by atoms with E-state index in [1.165, 1.54) is 12.8 Å². The molecule has 0 saturated carbocycles. The predicted octanol–water partition coefficient (Wildman–Crippen LogP) is 4.01. The Morgan fingerprint density at radius 3 is 2.37 bits per heavy atom. The van der Waals surface area contributed by atoms with Crippen molar-refractivity contribution in [3.63, 3.8) is 0 Å². The SMILES string of the molecule is CN1CCC(Cc2ccc(C(C)(C)C)cc2F)CC1. The number of hydrogen-bond donors (Lipinski definition) is 0. The van der Waals surface area contributed by atoms with E-state index in [2.05, 4.69) is 38.8 Å². The lowest BCUT2D eigenvalue weighted by atomic mass is 9.85. The van der Waals surface area contributed by atoms with Crippen LogP contribution in [-0.2, 0) is 11.8 Å². The zero-order valence-electron chi connectivity index (χ0n) is 12.7. The van der Waals surface area contributed by atoms with E-state index >= 15 is 0 Å². The summed E-state index contributed by atoms with van der Waals surface area (Å²) >= 11 is 0. The quantitative estimate of drug-likeness (QED) is 0.779. The number of benzene rings is 1. The van der Waals surface area contributed by atoms with Crippen LogP contribution in [0.25, 0.3) is 0 Å². The van der Waals surface area contributed by atoms with Crippen molar-refractivity contribution < 1.29 is 4.39 Å². The fourth-order valence-electron chi connectivity index (χ4n) is 2.76. The molecule has 1 aromatic carbocycles. The van der Waals surface area contributed by atoms with E-state index in [1.54, 1.807) is 6.07 Å². The third-order valence-corrected chi connectivity index (χ3v) is 4.27. The van der Waals surface area contributed by atoms with Gasteiger partial charge in [0.05, 0.1) is 0 Å². The first-order valence-electron chi connectivity index (χ1n) is 7.33. The van der Waals surface area contributed by atoms with E-state index in [-0.39, 0.29) is 11.2 Å². The summed E-state index contributed by atoms with van der Waals surface area (Å²) in [6.07, 6.45) is 3.28. The molecule has 0 aromatic heterocycles. The molecule has 0 amide bonds. The Balaban J connectivity index is 2.05. The van der Waals surface area contributed by atoms with Crippen molar-refractivity contribution in [2.24, 2.45) is 5.92 Å². The number of nitrogens with zero attached hydrogens (tertiary/aromatic N) is 1. The van der Waals surface area contributed by atoms with Crippen LogP contribution in [-0.4, -0.2) is 25.0 Å². The molecule has 1 aliphatic heterocycles. The summed E-state index contributed by atoms with van der Waals surface area (Å²) in [7, 11) is 2.16. The van der Waals surface area contributed by atoms with E-state index in [9.17, 15) is 4.39 Å². The van der Waals surface area contributed by atoms with Crippen LogP contribution < -0.4 is 0 Å². The summed E-state index contributed by atoms with van der Waals surface area (Å²) in [5.41, 5.74) is 1.99. The predicted molar refractivity (Wildman–Crippen MR) is 79.0 cm³/mol. The van der Waals surface area contributed by atoms with E-state index in [0.717, 1.165) is 30.6 Å². The molecule has 1 fully saturated rings. The maximum absolute atomic E-state index is 14.2. The maximum atomic E-state index is 14.2. The topological polar surface area (TPSA) is 3.24 Å². The van der Waals surface area contributed by atoms with E-state index in [4.69, 9.17) is 0 Å². The normalized spacial score (nSPS) is 18.8. The molecule has 1 heterocycles. The molecule has 0 aliphatic carbocycles. The van der Waals surface area contributed by atoms with Crippen LogP contribution in [0.1, 0.15) is 44.7 Å². The molecular weight excluding hydrogens is 237 g/mol. The maximum Gasteiger partial charge on any atom is 0.126 e. The average Bonchev–Trinajstić information content (AvgIpc) is 2.33. The zero-order valence-corrected chi connectivity index (χ0v) is 12.7. The molecule has 19 heavy (non-hydrogen) atoms. The van der Waals surface area contributed by atoms with Gasteiger partial charge in [0.1, 0.15) is 5.82 Å². The van der Waals surface area contributed by atoms with Gasteiger partial charge in [-0.1, -0.05) is 32.9 Å². The molecule has 1 aliphatic rings. The van der Waals surface area contributed by atoms with Crippen LogP contribution in [0.15, 0.2) is 18.2 Å². The van der Waals surface area contributed by atoms with Crippen LogP contribution >= 0.6 is 0 Å². The molecule has 106 valence electrons. The van der Waals surface area contributed by atoms with Crippen molar-refractivity contribution in [3.8, 4) is 0 Å². The van der Waals surface area contributed by atoms with Gasteiger partial charge in [-0.3, -0.25) is 0 Å². The number of hydrogen-bond acceptors (Lipinski definition) is 1. The van der Waals surface area contributed by atoms with Gasteiger partial charge >= 0.3 is 0 Å². The smallest absolute Gasteiger partial charge is 0.126 e. The van der Waals surface area contributed by atoms with Gasteiger partial charge in [0.25, 0.3) is 0 Å². The second kappa shape index (κ2) is 5.62. The fourth-order valence-corrected chi connectivity index (χ4v) is 2.76. The van der Waals surface area contributed by atoms with Crippen molar-refractivity contribution in [1.29, 1.82) is 0 Å². The minimum Gasteiger partial charge on any atom is -0.306 e. The van der Waals surface area contributed by atoms with Crippen LogP contribution in [0.5, 0.6) is 0 Å². The number of piperidine rings is 1. The van der Waals surface area contributed by atoms with Gasteiger partial charge < -0.3 is 4.90 Å². The summed E-state index contributed by atoms with van der Waals surface area (Å²) in [5, 5.41) is 0. The summed E-state index contributed by atoms with van der Waals surface area (Å²) in [6, 6.07) is 5.81. The molecule has 2 rings (SSSR count). The lowest BCUT2D eigenvalue weighted by Gasteiger charge is -2.29.